The van der Waals surface area contributed by atoms with Crippen LogP contribution in [0.1, 0.15) is 13.8 Å². The lowest BCUT2D eigenvalue weighted by atomic mass is 10.2. The first-order valence-electron chi connectivity index (χ1n) is 4.27. The molecular formula is C8H17NS2. The van der Waals surface area contributed by atoms with Gasteiger partial charge in [-0.15, -0.1) is 0 Å². The van der Waals surface area contributed by atoms with Crippen LogP contribution >= 0.6 is 23.5 Å². The molecule has 1 N–H and O–H groups in total. The van der Waals surface area contributed by atoms with E-state index in [2.05, 4.69) is 42.7 Å². The second-order valence-corrected chi connectivity index (χ2v) is 5.33. The van der Waals surface area contributed by atoms with Crippen molar-refractivity contribution in [1.29, 1.82) is 0 Å². The normalized spacial score (nSPS) is 28.4. The second kappa shape index (κ2) is 5.33. The van der Waals surface area contributed by atoms with Crippen molar-refractivity contribution in [2.45, 2.75) is 25.1 Å². The van der Waals surface area contributed by atoms with Gasteiger partial charge in [0.25, 0.3) is 0 Å². The Morgan fingerprint density at radius 2 is 2.36 bits per heavy atom. The molecule has 0 aromatic carbocycles. The van der Waals surface area contributed by atoms with Crippen LogP contribution in [0.25, 0.3) is 0 Å². The summed E-state index contributed by atoms with van der Waals surface area (Å²) < 4.78 is 0. The zero-order chi connectivity index (χ0) is 8.10. The Kier molecular flexibility index (Phi) is 4.72. The summed E-state index contributed by atoms with van der Waals surface area (Å²) in [6.07, 6.45) is 0. The molecular weight excluding hydrogens is 174 g/mol. The third-order valence-electron chi connectivity index (χ3n) is 1.93. The average Bonchev–Trinajstić information content (AvgIpc) is 2.07. The van der Waals surface area contributed by atoms with Crippen molar-refractivity contribution in [2.75, 3.05) is 23.8 Å². The van der Waals surface area contributed by atoms with Crippen molar-refractivity contribution in [2.24, 2.45) is 0 Å². The van der Waals surface area contributed by atoms with E-state index in [0.717, 1.165) is 11.8 Å². The number of hydrogen-bond acceptors (Lipinski definition) is 3. The minimum absolute atomic E-state index is 0.692. The maximum Gasteiger partial charge on any atom is 0.0289 e. The molecule has 0 amide bonds. The molecule has 0 aromatic rings. The Balaban J connectivity index is 2.21. The van der Waals surface area contributed by atoms with Gasteiger partial charge in [-0.25, -0.2) is 0 Å². The van der Waals surface area contributed by atoms with Crippen molar-refractivity contribution in [3.63, 3.8) is 0 Å². The van der Waals surface area contributed by atoms with Crippen LogP contribution in [0.15, 0.2) is 0 Å². The first kappa shape index (κ1) is 9.75. The smallest absolute Gasteiger partial charge is 0.0289 e. The summed E-state index contributed by atoms with van der Waals surface area (Å²) in [7, 11) is 0. The lowest BCUT2D eigenvalue weighted by molar-refractivity contribution is 0.566. The number of thioether (sulfide) groups is 2. The fourth-order valence-corrected chi connectivity index (χ4v) is 4.15. The SMILES string of the molecule is CCNC(C)C1CSCCS1. The van der Waals surface area contributed by atoms with Gasteiger partial charge in [-0.3, -0.25) is 0 Å². The van der Waals surface area contributed by atoms with Gasteiger partial charge in [-0.2, -0.15) is 23.5 Å². The second-order valence-electron chi connectivity index (χ2n) is 2.83. The highest BCUT2D eigenvalue weighted by molar-refractivity contribution is 8.06. The molecule has 0 radical (unpaired) electrons. The largest absolute Gasteiger partial charge is 0.313 e. The molecule has 0 bridgehead atoms. The van der Waals surface area contributed by atoms with E-state index in [4.69, 9.17) is 0 Å². The van der Waals surface area contributed by atoms with Crippen molar-refractivity contribution in [3.05, 3.63) is 0 Å². The third kappa shape index (κ3) is 3.26. The average molecular weight is 191 g/mol. The zero-order valence-electron chi connectivity index (χ0n) is 7.30. The van der Waals surface area contributed by atoms with Crippen LogP contribution in [0.3, 0.4) is 0 Å². The lowest BCUT2D eigenvalue weighted by Gasteiger charge is -2.27. The van der Waals surface area contributed by atoms with Gasteiger partial charge < -0.3 is 5.32 Å². The molecule has 1 heterocycles. The van der Waals surface area contributed by atoms with E-state index in [1.54, 1.807) is 0 Å². The molecule has 1 saturated heterocycles. The molecule has 0 saturated carbocycles. The monoisotopic (exact) mass is 191 g/mol. The van der Waals surface area contributed by atoms with Crippen LogP contribution in [0, 0.1) is 0 Å². The lowest BCUT2D eigenvalue weighted by Crippen LogP contribution is -2.38. The molecule has 1 aliphatic heterocycles. The van der Waals surface area contributed by atoms with E-state index in [-0.39, 0.29) is 0 Å². The zero-order valence-corrected chi connectivity index (χ0v) is 8.93. The molecule has 0 aromatic heterocycles. The van der Waals surface area contributed by atoms with Crippen molar-refractivity contribution in [1.82, 2.24) is 5.32 Å². The van der Waals surface area contributed by atoms with Gasteiger partial charge in [0.1, 0.15) is 0 Å². The molecule has 2 atom stereocenters. The molecule has 0 aliphatic carbocycles. The Hall–Kier alpha value is 0.660. The summed E-state index contributed by atoms with van der Waals surface area (Å²) in [5, 5.41) is 4.32. The molecule has 11 heavy (non-hydrogen) atoms. The van der Waals surface area contributed by atoms with Gasteiger partial charge >= 0.3 is 0 Å². The minimum Gasteiger partial charge on any atom is -0.313 e. The molecule has 0 spiro atoms. The molecule has 2 unspecified atom stereocenters. The van der Waals surface area contributed by atoms with Gasteiger partial charge in [-0.05, 0) is 13.5 Å². The Bertz CT molecular complexity index is 102. The maximum absolute atomic E-state index is 3.48. The van der Waals surface area contributed by atoms with Gasteiger partial charge in [0.2, 0.25) is 0 Å². The Labute approximate surface area is 78.1 Å². The van der Waals surface area contributed by atoms with Crippen LogP contribution in [-0.4, -0.2) is 35.1 Å². The van der Waals surface area contributed by atoms with E-state index in [0.29, 0.717) is 6.04 Å². The quantitative estimate of drug-likeness (QED) is 0.731. The summed E-state index contributed by atoms with van der Waals surface area (Å²) in [6, 6.07) is 0.692. The van der Waals surface area contributed by atoms with E-state index >= 15 is 0 Å². The molecule has 1 rings (SSSR count). The highest BCUT2D eigenvalue weighted by atomic mass is 32.2. The summed E-state index contributed by atoms with van der Waals surface area (Å²) in [6.45, 7) is 5.58. The summed E-state index contributed by atoms with van der Waals surface area (Å²) >= 11 is 4.22. The molecule has 1 fully saturated rings. The van der Waals surface area contributed by atoms with Crippen LogP contribution in [0.2, 0.25) is 0 Å². The van der Waals surface area contributed by atoms with Gasteiger partial charge in [0.05, 0.1) is 0 Å². The first-order valence-corrected chi connectivity index (χ1v) is 6.47. The molecule has 66 valence electrons. The number of nitrogens with one attached hydrogen (secondary N) is 1. The van der Waals surface area contributed by atoms with E-state index in [1.165, 1.54) is 17.3 Å². The van der Waals surface area contributed by atoms with E-state index in [9.17, 15) is 0 Å². The fourth-order valence-electron chi connectivity index (χ4n) is 1.25. The standard InChI is InChI=1S/C8H17NS2/c1-3-9-7(2)8-6-10-4-5-11-8/h7-9H,3-6H2,1-2H3. The maximum atomic E-state index is 3.48. The fraction of sp³-hybridized carbons (Fsp3) is 1.00. The van der Waals surface area contributed by atoms with Crippen molar-refractivity contribution in [3.8, 4) is 0 Å². The predicted molar refractivity (Wildman–Crippen MR) is 56.7 cm³/mol. The van der Waals surface area contributed by atoms with Crippen molar-refractivity contribution < 1.29 is 0 Å². The summed E-state index contributed by atoms with van der Waals surface area (Å²) in [5.74, 6) is 4.02. The van der Waals surface area contributed by atoms with E-state index in [1.807, 2.05) is 0 Å². The predicted octanol–water partition coefficient (Wildman–Crippen LogP) is 1.83. The van der Waals surface area contributed by atoms with Crippen LogP contribution in [-0.2, 0) is 0 Å². The minimum atomic E-state index is 0.692. The van der Waals surface area contributed by atoms with Gasteiger partial charge in [0.15, 0.2) is 0 Å². The third-order valence-corrected chi connectivity index (χ3v) is 4.93. The first-order chi connectivity index (χ1) is 5.34. The van der Waals surface area contributed by atoms with Crippen molar-refractivity contribution >= 4 is 23.5 Å². The molecule has 1 nitrogen and oxygen atoms in total. The van der Waals surface area contributed by atoms with Crippen LogP contribution in [0.4, 0.5) is 0 Å². The molecule has 3 heteroatoms. The van der Waals surface area contributed by atoms with Crippen LogP contribution in [0.5, 0.6) is 0 Å². The van der Waals surface area contributed by atoms with Gasteiger partial charge in [-0.1, -0.05) is 6.92 Å². The number of hydrogen-bond donors (Lipinski definition) is 1. The highest BCUT2D eigenvalue weighted by Crippen LogP contribution is 2.26. The molecule has 1 aliphatic rings. The Morgan fingerprint density at radius 3 is 2.91 bits per heavy atom. The summed E-state index contributed by atoms with van der Waals surface area (Å²) in [4.78, 5) is 0. The van der Waals surface area contributed by atoms with Gasteiger partial charge in [0, 0.05) is 28.6 Å². The number of rotatable bonds is 3. The van der Waals surface area contributed by atoms with Crippen LogP contribution < -0.4 is 5.32 Å². The van der Waals surface area contributed by atoms with E-state index < -0.39 is 0 Å². The highest BCUT2D eigenvalue weighted by Gasteiger charge is 2.19. The topological polar surface area (TPSA) is 12.0 Å². The Morgan fingerprint density at radius 1 is 1.55 bits per heavy atom. The summed E-state index contributed by atoms with van der Waals surface area (Å²) in [5.41, 5.74) is 0.